The zero-order chi connectivity index (χ0) is 12.2. The highest BCUT2D eigenvalue weighted by Gasteiger charge is 2.44. The van der Waals surface area contributed by atoms with E-state index in [0.29, 0.717) is 6.42 Å². The average Bonchev–Trinajstić information content (AvgIpc) is 2.18. The van der Waals surface area contributed by atoms with Crippen molar-refractivity contribution in [3.63, 3.8) is 0 Å². The Morgan fingerprint density at radius 1 is 1.44 bits per heavy atom. The Bertz CT molecular complexity index is 233. The lowest BCUT2D eigenvalue weighted by atomic mass is 10.0. The van der Waals surface area contributed by atoms with Crippen molar-refractivity contribution in [2.75, 3.05) is 6.61 Å². The van der Waals surface area contributed by atoms with Gasteiger partial charge >= 0.3 is 0 Å². The van der Waals surface area contributed by atoms with E-state index in [-0.39, 0.29) is 6.29 Å². The van der Waals surface area contributed by atoms with Crippen molar-refractivity contribution in [1.82, 2.24) is 0 Å². The molecule has 0 aliphatic carbocycles. The zero-order valence-electron chi connectivity index (χ0n) is 9.97. The number of hydrogen-bond donors (Lipinski definition) is 0. The maximum atomic E-state index is 6.26. The summed E-state index contributed by atoms with van der Waals surface area (Å²) in [6.07, 6.45) is 5.12. The third kappa shape index (κ3) is 3.63. The van der Waals surface area contributed by atoms with Gasteiger partial charge in [-0.25, -0.2) is 0 Å². The molecule has 1 heterocycles. The standard InChI is InChI=1S/C12H20Cl2O2/c1-4-8-12(13,14)11(2,3)16-10-7-5-6-9-15-10/h4,10H,1,5-9H2,2-3H3. The minimum atomic E-state index is -0.977. The Balaban J connectivity index is 2.57. The molecular weight excluding hydrogens is 247 g/mol. The van der Waals surface area contributed by atoms with Crippen molar-refractivity contribution in [2.45, 2.75) is 55.8 Å². The van der Waals surface area contributed by atoms with Gasteiger partial charge in [-0.05, 0) is 33.1 Å². The number of allylic oxidation sites excluding steroid dienone is 1. The van der Waals surface area contributed by atoms with Crippen LogP contribution in [0.5, 0.6) is 0 Å². The molecule has 0 saturated carbocycles. The van der Waals surface area contributed by atoms with Crippen LogP contribution in [-0.4, -0.2) is 22.8 Å². The molecule has 4 heteroatoms. The number of rotatable bonds is 5. The molecular formula is C12H20Cl2O2. The second-order valence-corrected chi connectivity index (χ2v) is 6.11. The van der Waals surface area contributed by atoms with Crippen LogP contribution in [0, 0.1) is 0 Å². The van der Waals surface area contributed by atoms with Gasteiger partial charge in [0.05, 0.1) is 5.60 Å². The van der Waals surface area contributed by atoms with Crippen molar-refractivity contribution < 1.29 is 9.47 Å². The molecule has 0 amide bonds. The van der Waals surface area contributed by atoms with Crippen LogP contribution < -0.4 is 0 Å². The molecule has 0 radical (unpaired) electrons. The highest BCUT2D eigenvalue weighted by molar-refractivity contribution is 6.49. The maximum Gasteiger partial charge on any atom is 0.158 e. The topological polar surface area (TPSA) is 18.5 Å². The molecule has 1 rings (SSSR count). The smallest absolute Gasteiger partial charge is 0.158 e. The summed E-state index contributed by atoms with van der Waals surface area (Å²) in [5.74, 6) is 0. The summed E-state index contributed by atoms with van der Waals surface area (Å²) < 4.78 is 10.4. The number of ether oxygens (including phenoxy) is 2. The molecule has 0 aromatic heterocycles. The molecule has 94 valence electrons. The fourth-order valence-corrected chi connectivity index (χ4v) is 1.95. The fourth-order valence-electron chi connectivity index (χ4n) is 1.65. The lowest BCUT2D eigenvalue weighted by molar-refractivity contribution is -0.218. The summed E-state index contributed by atoms with van der Waals surface area (Å²) in [5.41, 5.74) is -0.660. The molecule has 1 fully saturated rings. The van der Waals surface area contributed by atoms with Crippen LogP contribution in [0.15, 0.2) is 12.7 Å². The van der Waals surface area contributed by atoms with Crippen LogP contribution in [-0.2, 0) is 9.47 Å². The Labute approximate surface area is 108 Å². The molecule has 0 aromatic rings. The highest BCUT2D eigenvalue weighted by Crippen LogP contribution is 2.41. The predicted octanol–water partition coefficient (Wildman–Crippen LogP) is 4.06. The molecule has 0 spiro atoms. The van der Waals surface area contributed by atoms with Crippen molar-refractivity contribution in [3.05, 3.63) is 12.7 Å². The first-order valence-electron chi connectivity index (χ1n) is 5.67. The molecule has 0 N–H and O–H groups in total. The van der Waals surface area contributed by atoms with Gasteiger partial charge in [-0.15, -0.1) is 6.58 Å². The quantitative estimate of drug-likeness (QED) is 0.552. The monoisotopic (exact) mass is 266 g/mol. The minimum Gasteiger partial charge on any atom is -0.353 e. The summed E-state index contributed by atoms with van der Waals surface area (Å²) in [7, 11) is 0. The highest BCUT2D eigenvalue weighted by atomic mass is 35.5. The third-order valence-corrected chi connectivity index (χ3v) is 4.06. The van der Waals surface area contributed by atoms with Gasteiger partial charge in [0, 0.05) is 13.0 Å². The van der Waals surface area contributed by atoms with E-state index in [1.807, 2.05) is 13.8 Å². The summed E-state index contributed by atoms with van der Waals surface area (Å²) in [5, 5.41) is 0. The Morgan fingerprint density at radius 3 is 2.62 bits per heavy atom. The molecule has 0 aromatic carbocycles. The second kappa shape index (κ2) is 5.72. The van der Waals surface area contributed by atoms with Gasteiger partial charge in [0.15, 0.2) is 6.29 Å². The molecule has 1 atom stereocenters. The SMILES string of the molecule is C=CCC(Cl)(Cl)C(C)(C)OC1CCCCO1. The third-order valence-electron chi connectivity index (χ3n) is 2.85. The summed E-state index contributed by atoms with van der Waals surface area (Å²) in [6.45, 7) is 8.17. The van der Waals surface area contributed by atoms with Gasteiger partial charge < -0.3 is 9.47 Å². The van der Waals surface area contributed by atoms with E-state index >= 15 is 0 Å². The van der Waals surface area contributed by atoms with Gasteiger partial charge in [-0.2, -0.15) is 0 Å². The fraction of sp³-hybridized carbons (Fsp3) is 0.833. The van der Waals surface area contributed by atoms with Crippen LogP contribution >= 0.6 is 23.2 Å². The van der Waals surface area contributed by atoms with E-state index in [1.165, 1.54) is 0 Å². The molecule has 1 aliphatic heterocycles. The average molecular weight is 267 g/mol. The normalized spacial score (nSPS) is 23.1. The van der Waals surface area contributed by atoms with Crippen LogP contribution in [0.1, 0.15) is 39.5 Å². The van der Waals surface area contributed by atoms with E-state index in [4.69, 9.17) is 32.7 Å². The molecule has 2 nitrogen and oxygen atoms in total. The zero-order valence-corrected chi connectivity index (χ0v) is 11.5. The number of hydrogen-bond acceptors (Lipinski definition) is 2. The van der Waals surface area contributed by atoms with Gasteiger partial charge in [-0.1, -0.05) is 29.3 Å². The Kier molecular flexibility index (Phi) is 5.11. The second-order valence-electron chi connectivity index (χ2n) is 4.62. The van der Waals surface area contributed by atoms with Crippen molar-refractivity contribution in [1.29, 1.82) is 0 Å². The largest absolute Gasteiger partial charge is 0.353 e. The Morgan fingerprint density at radius 2 is 2.12 bits per heavy atom. The van der Waals surface area contributed by atoms with E-state index in [1.54, 1.807) is 6.08 Å². The summed E-state index contributed by atoms with van der Waals surface area (Å²) >= 11 is 12.5. The molecule has 1 aliphatic rings. The molecule has 0 bridgehead atoms. The summed E-state index contributed by atoms with van der Waals surface area (Å²) in [6, 6.07) is 0. The Hall–Kier alpha value is 0.240. The van der Waals surface area contributed by atoms with Crippen LogP contribution in [0.25, 0.3) is 0 Å². The van der Waals surface area contributed by atoms with Gasteiger partial charge in [-0.3, -0.25) is 0 Å². The van der Waals surface area contributed by atoms with E-state index in [0.717, 1.165) is 25.9 Å². The van der Waals surface area contributed by atoms with Crippen molar-refractivity contribution >= 4 is 23.2 Å². The first kappa shape index (κ1) is 14.3. The van der Waals surface area contributed by atoms with E-state index in [9.17, 15) is 0 Å². The van der Waals surface area contributed by atoms with Crippen LogP contribution in [0.3, 0.4) is 0 Å². The minimum absolute atomic E-state index is 0.189. The maximum absolute atomic E-state index is 6.26. The van der Waals surface area contributed by atoms with Crippen LogP contribution in [0.2, 0.25) is 0 Å². The lowest BCUT2D eigenvalue weighted by Crippen LogP contribution is -2.46. The van der Waals surface area contributed by atoms with Gasteiger partial charge in [0.2, 0.25) is 0 Å². The summed E-state index contributed by atoms with van der Waals surface area (Å²) in [4.78, 5) is 0. The lowest BCUT2D eigenvalue weighted by Gasteiger charge is -2.40. The first-order valence-corrected chi connectivity index (χ1v) is 6.43. The number of alkyl halides is 2. The predicted molar refractivity (Wildman–Crippen MR) is 68.0 cm³/mol. The molecule has 1 saturated heterocycles. The molecule has 1 unspecified atom stereocenters. The van der Waals surface area contributed by atoms with Crippen molar-refractivity contribution in [2.24, 2.45) is 0 Å². The van der Waals surface area contributed by atoms with Gasteiger partial charge in [0.25, 0.3) is 0 Å². The first-order chi connectivity index (χ1) is 7.39. The number of halogens is 2. The van der Waals surface area contributed by atoms with E-state index < -0.39 is 9.93 Å². The van der Waals surface area contributed by atoms with E-state index in [2.05, 4.69) is 6.58 Å². The molecule has 16 heavy (non-hydrogen) atoms. The van der Waals surface area contributed by atoms with Gasteiger partial charge in [0.1, 0.15) is 4.33 Å². The van der Waals surface area contributed by atoms with Crippen molar-refractivity contribution in [3.8, 4) is 0 Å². The van der Waals surface area contributed by atoms with Crippen LogP contribution in [0.4, 0.5) is 0 Å².